The molecule has 1 saturated heterocycles. The highest BCUT2D eigenvalue weighted by molar-refractivity contribution is 6.18. The molecule has 1 heterocycles. The second-order valence-electron chi connectivity index (χ2n) is 3.93. The molecular weight excluding hydrogens is 202 g/mol. The first kappa shape index (κ1) is 11.8. The van der Waals surface area contributed by atoms with Gasteiger partial charge in [-0.1, -0.05) is 6.92 Å². The monoisotopic (exact) mass is 219 g/mol. The van der Waals surface area contributed by atoms with Gasteiger partial charge in [-0.2, -0.15) is 0 Å². The molecule has 0 aromatic carbocycles. The highest BCUT2D eigenvalue weighted by atomic mass is 35.5. The van der Waals surface area contributed by atoms with E-state index in [1.165, 1.54) is 0 Å². The van der Waals surface area contributed by atoms with Gasteiger partial charge < -0.3 is 9.64 Å². The molecule has 3 nitrogen and oxygen atoms in total. The Labute approximate surface area is 90.4 Å². The Morgan fingerprint density at radius 1 is 1.57 bits per heavy atom. The van der Waals surface area contributed by atoms with Gasteiger partial charge in [-0.15, -0.1) is 11.6 Å². The molecule has 0 spiro atoms. The van der Waals surface area contributed by atoms with Gasteiger partial charge in [0.2, 0.25) is 5.91 Å². The Balaban J connectivity index is 2.41. The summed E-state index contributed by atoms with van der Waals surface area (Å²) in [5, 5.41) is 0. The summed E-state index contributed by atoms with van der Waals surface area (Å²) >= 11 is 5.54. The van der Waals surface area contributed by atoms with Crippen molar-refractivity contribution in [1.29, 1.82) is 0 Å². The summed E-state index contributed by atoms with van der Waals surface area (Å²) in [6, 6.07) is 0. The van der Waals surface area contributed by atoms with E-state index in [-0.39, 0.29) is 5.91 Å². The van der Waals surface area contributed by atoms with Crippen molar-refractivity contribution in [2.24, 2.45) is 11.8 Å². The van der Waals surface area contributed by atoms with Crippen LogP contribution in [-0.2, 0) is 9.53 Å². The maximum Gasteiger partial charge on any atom is 0.223 e. The van der Waals surface area contributed by atoms with Gasteiger partial charge in [0.25, 0.3) is 0 Å². The van der Waals surface area contributed by atoms with Crippen LogP contribution in [-0.4, -0.2) is 43.5 Å². The third kappa shape index (κ3) is 2.85. The van der Waals surface area contributed by atoms with Crippen molar-refractivity contribution >= 4 is 17.5 Å². The van der Waals surface area contributed by atoms with Gasteiger partial charge in [-0.3, -0.25) is 4.79 Å². The van der Waals surface area contributed by atoms with E-state index in [4.69, 9.17) is 16.3 Å². The minimum atomic E-state index is 0.172. The fourth-order valence-electron chi connectivity index (χ4n) is 1.91. The minimum Gasteiger partial charge on any atom is -0.384 e. The number of ether oxygens (including phenoxy) is 1. The fraction of sp³-hybridized carbons (Fsp3) is 0.900. The highest BCUT2D eigenvalue weighted by Crippen LogP contribution is 2.23. The van der Waals surface area contributed by atoms with E-state index in [9.17, 15) is 4.79 Å². The number of carbonyl (C=O) groups is 1. The summed E-state index contributed by atoms with van der Waals surface area (Å²) in [6.07, 6.45) is 0.452. The number of methoxy groups -OCH3 is 1. The predicted octanol–water partition coefficient (Wildman–Crippen LogP) is 1.36. The first-order chi connectivity index (χ1) is 6.69. The third-order valence-electron chi connectivity index (χ3n) is 2.81. The van der Waals surface area contributed by atoms with Crippen molar-refractivity contribution in [3.63, 3.8) is 0 Å². The number of hydrogen-bond acceptors (Lipinski definition) is 2. The molecule has 0 radical (unpaired) electrons. The minimum absolute atomic E-state index is 0.172. The van der Waals surface area contributed by atoms with Gasteiger partial charge in [0.05, 0.1) is 6.61 Å². The summed E-state index contributed by atoms with van der Waals surface area (Å²) in [4.78, 5) is 13.4. The molecule has 0 saturated carbocycles. The van der Waals surface area contributed by atoms with E-state index in [0.29, 0.717) is 24.1 Å². The predicted molar refractivity (Wildman–Crippen MR) is 56.4 cm³/mol. The van der Waals surface area contributed by atoms with Crippen LogP contribution >= 0.6 is 11.6 Å². The zero-order valence-electron chi connectivity index (χ0n) is 8.83. The van der Waals surface area contributed by atoms with E-state index >= 15 is 0 Å². The van der Waals surface area contributed by atoms with E-state index in [1.807, 2.05) is 4.90 Å². The van der Waals surface area contributed by atoms with Crippen LogP contribution in [0.25, 0.3) is 0 Å². The third-order valence-corrected chi connectivity index (χ3v) is 3.00. The second kappa shape index (κ2) is 5.56. The number of hydrogen-bond donors (Lipinski definition) is 0. The molecule has 0 bridgehead atoms. The topological polar surface area (TPSA) is 29.5 Å². The van der Waals surface area contributed by atoms with Crippen molar-refractivity contribution in [3.8, 4) is 0 Å². The summed E-state index contributed by atoms with van der Waals surface area (Å²) in [6.45, 7) is 4.58. The van der Waals surface area contributed by atoms with Crippen LogP contribution < -0.4 is 0 Å². The zero-order chi connectivity index (χ0) is 10.6. The number of halogens is 1. The number of amides is 1. The Morgan fingerprint density at radius 3 is 2.86 bits per heavy atom. The molecule has 0 aromatic rings. The maximum absolute atomic E-state index is 11.5. The quantitative estimate of drug-likeness (QED) is 0.669. The van der Waals surface area contributed by atoms with E-state index in [0.717, 1.165) is 19.7 Å². The Kier molecular flexibility index (Phi) is 4.69. The van der Waals surface area contributed by atoms with Crippen LogP contribution in [0.1, 0.15) is 13.3 Å². The van der Waals surface area contributed by atoms with Crippen LogP contribution in [0, 0.1) is 11.8 Å². The van der Waals surface area contributed by atoms with E-state index in [2.05, 4.69) is 6.92 Å². The smallest absolute Gasteiger partial charge is 0.223 e. The number of rotatable bonds is 4. The molecule has 2 atom stereocenters. The lowest BCUT2D eigenvalue weighted by Gasteiger charge is -2.15. The summed E-state index contributed by atoms with van der Waals surface area (Å²) < 4.78 is 5.12. The molecular formula is C10H18ClNO2. The molecule has 4 heteroatoms. The SMILES string of the molecule is COC[C@H]1CN(C(=O)CCCl)C[C@@H]1C. The summed E-state index contributed by atoms with van der Waals surface area (Å²) in [5.74, 6) is 1.61. The zero-order valence-corrected chi connectivity index (χ0v) is 9.59. The molecule has 0 aromatic heterocycles. The molecule has 0 N–H and O–H groups in total. The Hall–Kier alpha value is -0.280. The molecule has 0 unspecified atom stereocenters. The average Bonchev–Trinajstić information content (AvgIpc) is 2.49. The first-order valence-electron chi connectivity index (χ1n) is 5.01. The van der Waals surface area contributed by atoms with Crippen LogP contribution in [0.3, 0.4) is 0 Å². The lowest BCUT2D eigenvalue weighted by Crippen LogP contribution is -2.29. The number of likely N-dealkylation sites (tertiary alicyclic amines) is 1. The molecule has 0 aliphatic carbocycles. The van der Waals surface area contributed by atoms with E-state index < -0.39 is 0 Å². The molecule has 1 rings (SSSR count). The molecule has 1 aliphatic heterocycles. The van der Waals surface area contributed by atoms with Crippen LogP contribution in [0.2, 0.25) is 0 Å². The van der Waals surface area contributed by atoms with Crippen molar-refractivity contribution in [1.82, 2.24) is 4.90 Å². The van der Waals surface area contributed by atoms with Crippen molar-refractivity contribution in [2.75, 3.05) is 32.7 Å². The molecule has 1 aliphatic rings. The molecule has 14 heavy (non-hydrogen) atoms. The van der Waals surface area contributed by atoms with Gasteiger partial charge in [-0.05, 0) is 5.92 Å². The van der Waals surface area contributed by atoms with E-state index in [1.54, 1.807) is 7.11 Å². The van der Waals surface area contributed by atoms with Gasteiger partial charge in [-0.25, -0.2) is 0 Å². The lowest BCUT2D eigenvalue weighted by atomic mass is 10.00. The highest BCUT2D eigenvalue weighted by Gasteiger charge is 2.31. The van der Waals surface area contributed by atoms with Crippen LogP contribution in [0.5, 0.6) is 0 Å². The van der Waals surface area contributed by atoms with Gasteiger partial charge in [0.1, 0.15) is 0 Å². The van der Waals surface area contributed by atoms with Gasteiger partial charge in [0, 0.05) is 38.4 Å². The first-order valence-corrected chi connectivity index (χ1v) is 5.55. The van der Waals surface area contributed by atoms with Crippen molar-refractivity contribution in [3.05, 3.63) is 0 Å². The average molecular weight is 220 g/mol. The van der Waals surface area contributed by atoms with Crippen LogP contribution in [0.15, 0.2) is 0 Å². The van der Waals surface area contributed by atoms with Crippen LogP contribution in [0.4, 0.5) is 0 Å². The van der Waals surface area contributed by atoms with Crippen molar-refractivity contribution in [2.45, 2.75) is 13.3 Å². The summed E-state index contributed by atoms with van der Waals surface area (Å²) in [7, 11) is 1.70. The van der Waals surface area contributed by atoms with Gasteiger partial charge >= 0.3 is 0 Å². The molecule has 82 valence electrons. The fourth-order valence-corrected chi connectivity index (χ4v) is 2.07. The molecule has 1 amide bonds. The second-order valence-corrected chi connectivity index (χ2v) is 4.31. The normalized spacial score (nSPS) is 26.9. The van der Waals surface area contributed by atoms with Crippen molar-refractivity contribution < 1.29 is 9.53 Å². The number of carbonyl (C=O) groups excluding carboxylic acids is 1. The maximum atomic E-state index is 11.5. The van der Waals surface area contributed by atoms with Gasteiger partial charge in [0.15, 0.2) is 0 Å². The number of alkyl halides is 1. The summed E-state index contributed by atoms with van der Waals surface area (Å²) in [5.41, 5.74) is 0. The largest absolute Gasteiger partial charge is 0.384 e. The number of nitrogens with zero attached hydrogens (tertiary/aromatic N) is 1. The lowest BCUT2D eigenvalue weighted by molar-refractivity contribution is -0.130. The standard InChI is InChI=1S/C10H18ClNO2/c1-8-5-12(10(13)3-4-11)6-9(8)7-14-2/h8-9H,3-7H2,1-2H3/t8-,9+/m0/s1. The molecule has 1 fully saturated rings. The Bertz CT molecular complexity index is 199. The Morgan fingerprint density at radius 2 is 2.29 bits per heavy atom.